The zero-order valence-corrected chi connectivity index (χ0v) is 21.2. The number of methoxy groups -OCH3 is 1. The number of hydrogen-bond acceptors (Lipinski definition) is 7. The maximum Gasteiger partial charge on any atom is 0.338 e. The van der Waals surface area contributed by atoms with Gasteiger partial charge < -0.3 is 19.3 Å². The number of esters is 1. The van der Waals surface area contributed by atoms with Crippen LogP contribution in [0.5, 0.6) is 5.75 Å². The third-order valence-electron chi connectivity index (χ3n) is 5.95. The quantitative estimate of drug-likeness (QED) is 0.490. The number of amides is 1. The average Bonchev–Trinajstić information content (AvgIpc) is 3.25. The van der Waals surface area contributed by atoms with Gasteiger partial charge in [0.05, 0.1) is 37.4 Å². The minimum absolute atomic E-state index is 0.0234. The van der Waals surface area contributed by atoms with Crippen LogP contribution >= 0.6 is 11.8 Å². The Kier molecular flexibility index (Phi) is 7.60. The molecule has 0 saturated carbocycles. The molecular formula is C27H29N3O4S. The van der Waals surface area contributed by atoms with E-state index >= 15 is 0 Å². The monoisotopic (exact) mass is 491 g/mol. The fraction of sp³-hybridized carbons (Fsp3) is 0.296. The normalized spacial score (nSPS) is 16.9. The Bertz CT molecular complexity index is 1210. The van der Waals surface area contributed by atoms with Crippen LogP contribution in [0.25, 0.3) is 0 Å². The van der Waals surface area contributed by atoms with Crippen LogP contribution in [0.1, 0.15) is 37.4 Å². The first-order valence-electron chi connectivity index (χ1n) is 11.5. The lowest BCUT2D eigenvalue weighted by Crippen LogP contribution is -2.38. The number of benzene rings is 2. The molecule has 0 aromatic heterocycles. The fourth-order valence-corrected chi connectivity index (χ4v) is 5.23. The third kappa shape index (κ3) is 5.12. The SMILES string of the molecule is CCOC(=O)C1=C(C)N=C2SC=C(CC(=O)N(C)Cc3ccccc3)N2C1c1ccccc1OC. The molecule has 2 heterocycles. The second-order valence-corrected chi connectivity index (χ2v) is 9.10. The van der Waals surface area contributed by atoms with Gasteiger partial charge in [-0.3, -0.25) is 4.79 Å². The van der Waals surface area contributed by atoms with Crippen LogP contribution in [0.4, 0.5) is 0 Å². The number of thioether (sulfide) groups is 1. The van der Waals surface area contributed by atoms with Crippen LogP contribution in [0.3, 0.4) is 0 Å². The van der Waals surface area contributed by atoms with Crippen molar-refractivity contribution in [3.8, 4) is 5.75 Å². The topological polar surface area (TPSA) is 71.4 Å². The summed E-state index contributed by atoms with van der Waals surface area (Å²) in [7, 11) is 3.41. The minimum Gasteiger partial charge on any atom is -0.496 e. The highest BCUT2D eigenvalue weighted by molar-refractivity contribution is 8.16. The Hall–Kier alpha value is -3.52. The number of rotatable bonds is 8. The van der Waals surface area contributed by atoms with Crippen molar-refractivity contribution < 1.29 is 19.1 Å². The lowest BCUT2D eigenvalue weighted by atomic mass is 9.93. The van der Waals surface area contributed by atoms with Crippen molar-refractivity contribution >= 4 is 28.8 Å². The van der Waals surface area contributed by atoms with Crippen molar-refractivity contribution in [1.29, 1.82) is 0 Å². The van der Waals surface area contributed by atoms with Crippen LogP contribution in [-0.4, -0.2) is 47.6 Å². The summed E-state index contributed by atoms with van der Waals surface area (Å²) >= 11 is 1.45. The molecule has 0 aliphatic carbocycles. The molecule has 35 heavy (non-hydrogen) atoms. The molecule has 0 fully saturated rings. The Labute approximate surface area is 210 Å². The van der Waals surface area contributed by atoms with Crippen molar-refractivity contribution in [2.75, 3.05) is 20.8 Å². The largest absolute Gasteiger partial charge is 0.496 e. The van der Waals surface area contributed by atoms with Crippen LogP contribution in [0, 0.1) is 0 Å². The highest BCUT2D eigenvalue weighted by Gasteiger charge is 2.42. The second kappa shape index (κ2) is 10.8. The summed E-state index contributed by atoms with van der Waals surface area (Å²) in [5.41, 5.74) is 3.69. The summed E-state index contributed by atoms with van der Waals surface area (Å²) in [4.78, 5) is 34.7. The standard InChI is InChI=1S/C27H29N3O4S/c1-5-34-26(32)24-18(2)28-27-30(25(24)21-13-9-10-14-22(21)33-4)20(17-35-27)15-23(31)29(3)16-19-11-7-6-8-12-19/h6-14,17,25H,5,15-16H2,1-4H3. The minimum atomic E-state index is -0.522. The van der Waals surface area contributed by atoms with E-state index in [1.54, 1.807) is 26.0 Å². The van der Waals surface area contributed by atoms with E-state index in [1.807, 2.05) is 71.8 Å². The first kappa shape index (κ1) is 24.6. The molecule has 2 aromatic rings. The molecule has 2 aromatic carbocycles. The molecule has 4 rings (SSSR count). The molecule has 1 amide bonds. The van der Waals surface area contributed by atoms with E-state index in [4.69, 9.17) is 14.5 Å². The van der Waals surface area contributed by atoms with Gasteiger partial charge >= 0.3 is 5.97 Å². The van der Waals surface area contributed by atoms with E-state index < -0.39 is 12.0 Å². The van der Waals surface area contributed by atoms with Gasteiger partial charge in [-0.2, -0.15) is 0 Å². The molecule has 0 bridgehead atoms. The molecular weight excluding hydrogens is 462 g/mol. The molecule has 8 heteroatoms. The number of amidine groups is 1. The summed E-state index contributed by atoms with van der Waals surface area (Å²) in [5, 5.41) is 2.66. The number of aliphatic imine (C=N–C) groups is 1. The van der Waals surface area contributed by atoms with Gasteiger partial charge in [-0.05, 0) is 30.9 Å². The highest BCUT2D eigenvalue weighted by atomic mass is 32.2. The molecule has 0 saturated heterocycles. The van der Waals surface area contributed by atoms with Crippen LogP contribution in [0.15, 0.2) is 82.0 Å². The van der Waals surface area contributed by atoms with E-state index in [0.29, 0.717) is 23.6 Å². The predicted molar refractivity (Wildman–Crippen MR) is 138 cm³/mol. The number of carbonyl (C=O) groups excluding carboxylic acids is 2. The molecule has 182 valence electrons. The van der Waals surface area contributed by atoms with Gasteiger partial charge in [0.2, 0.25) is 5.91 Å². The fourth-order valence-electron chi connectivity index (χ4n) is 4.26. The van der Waals surface area contributed by atoms with E-state index in [9.17, 15) is 9.59 Å². The van der Waals surface area contributed by atoms with Crippen molar-refractivity contribution in [1.82, 2.24) is 9.80 Å². The van der Waals surface area contributed by atoms with Gasteiger partial charge in [-0.1, -0.05) is 60.3 Å². The summed E-state index contributed by atoms with van der Waals surface area (Å²) in [6.07, 6.45) is 0.177. The third-order valence-corrected chi connectivity index (χ3v) is 6.84. The number of carbonyl (C=O) groups is 2. The zero-order valence-electron chi connectivity index (χ0n) is 20.4. The van der Waals surface area contributed by atoms with E-state index in [-0.39, 0.29) is 18.9 Å². The molecule has 0 spiro atoms. The number of nitrogens with zero attached hydrogens (tertiary/aromatic N) is 3. The van der Waals surface area contributed by atoms with Gasteiger partial charge in [0.25, 0.3) is 0 Å². The lowest BCUT2D eigenvalue weighted by molar-refractivity contribution is -0.139. The van der Waals surface area contributed by atoms with E-state index in [1.165, 1.54) is 11.8 Å². The maximum atomic E-state index is 13.2. The Morgan fingerprint density at radius 2 is 1.83 bits per heavy atom. The van der Waals surface area contributed by atoms with E-state index in [2.05, 4.69) is 0 Å². The zero-order chi connectivity index (χ0) is 24.9. The molecule has 0 radical (unpaired) electrons. The van der Waals surface area contributed by atoms with Crippen molar-refractivity contribution in [2.45, 2.75) is 32.9 Å². The Morgan fingerprint density at radius 3 is 2.54 bits per heavy atom. The lowest BCUT2D eigenvalue weighted by Gasteiger charge is -2.37. The van der Waals surface area contributed by atoms with Crippen molar-refractivity contribution in [3.63, 3.8) is 0 Å². The number of allylic oxidation sites excluding steroid dienone is 1. The van der Waals surface area contributed by atoms with Crippen LogP contribution in [0.2, 0.25) is 0 Å². The van der Waals surface area contributed by atoms with Gasteiger partial charge in [0.1, 0.15) is 5.75 Å². The van der Waals surface area contributed by atoms with Gasteiger partial charge in [0, 0.05) is 24.9 Å². The molecule has 0 N–H and O–H groups in total. The summed E-state index contributed by atoms with van der Waals surface area (Å²) in [6, 6.07) is 17.0. The molecule has 2 aliphatic rings. The summed E-state index contributed by atoms with van der Waals surface area (Å²) in [6.45, 7) is 4.37. The van der Waals surface area contributed by atoms with Gasteiger partial charge in [-0.25, -0.2) is 9.79 Å². The number of hydrogen-bond donors (Lipinski definition) is 0. The molecule has 1 atom stereocenters. The van der Waals surface area contributed by atoms with Crippen molar-refractivity contribution in [2.24, 2.45) is 4.99 Å². The molecule has 2 aliphatic heterocycles. The summed E-state index contributed by atoms with van der Waals surface area (Å²) < 4.78 is 11.1. The van der Waals surface area contributed by atoms with Crippen LogP contribution in [-0.2, 0) is 20.9 Å². The second-order valence-electron chi connectivity index (χ2n) is 8.27. The number of fused-ring (bicyclic) bond motifs is 1. The average molecular weight is 492 g/mol. The highest BCUT2D eigenvalue weighted by Crippen LogP contribution is 2.47. The smallest absolute Gasteiger partial charge is 0.338 e. The molecule has 7 nitrogen and oxygen atoms in total. The molecule has 1 unspecified atom stereocenters. The van der Waals surface area contributed by atoms with Crippen LogP contribution < -0.4 is 4.74 Å². The van der Waals surface area contributed by atoms with Crippen molar-refractivity contribution in [3.05, 3.63) is 88.1 Å². The van der Waals surface area contributed by atoms with Gasteiger partial charge in [0.15, 0.2) is 5.17 Å². The number of ether oxygens (including phenoxy) is 2. The summed E-state index contributed by atoms with van der Waals surface area (Å²) in [5.74, 6) is 0.203. The number of para-hydroxylation sites is 1. The Balaban J connectivity index is 1.67. The predicted octanol–water partition coefficient (Wildman–Crippen LogP) is 4.88. The van der Waals surface area contributed by atoms with Gasteiger partial charge in [-0.15, -0.1) is 0 Å². The first-order valence-corrected chi connectivity index (χ1v) is 12.3. The van der Waals surface area contributed by atoms with E-state index in [0.717, 1.165) is 22.0 Å². The Morgan fingerprint density at radius 1 is 1.11 bits per heavy atom. The first-order chi connectivity index (χ1) is 16.9. The maximum absolute atomic E-state index is 13.2.